The standard InChI is InChI=1S/C24H29N5O2S/c1-16(19-10-9-18-5-3-4-6-20(18)14-19)26-23(30)15-32-24-28-27-22(29(24)25)13-17-7-11-21(31-2)12-8-17/h7-12,14,16H,3-6,13,15,25H2,1-2H3,(H,26,30)/t16-/m0/s1. The third-order valence-electron chi connectivity index (χ3n) is 5.84. The van der Waals surface area contributed by atoms with E-state index in [9.17, 15) is 4.79 Å². The van der Waals surface area contributed by atoms with Gasteiger partial charge in [-0.2, -0.15) is 0 Å². The summed E-state index contributed by atoms with van der Waals surface area (Å²) < 4.78 is 6.64. The number of aryl methyl sites for hydroxylation is 2. The fourth-order valence-corrected chi connectivity index (χ4v) is 4.66. The first-order valence-electron chi connectivity index (χ1n) is 10.9. The van der Waals surface area contributed by atoms with E-state index in [1.165, 1.54) is 40.4 Å². The van der Waals surface area contributed by atoms with E-state index in [-0.39, 0.29) is 17.7 Å². The van der Waals surface area contributed by atoms with E-state index in [1.807, 2.05) is 31.2 Å². The third-order valence-corrected chi connectivity index (χ3v) is 6.78. The summed E-state index contributed by atoms with van der Waals surface area (Å²) in [7, 11) is 1.64. The Morgan fingerprint density at radius 3 is 2.66 bits per heavy atom. The van der Waals surface area contributed by atoms with Crippen LogP contribution in [0.2, 0.25) is 0 Å². The minimum atomic E-state index is -0.0556. The number of fused-ring (bicyclic) bond motifs is 1. The van der Waals surface area contributed by atoms with Crippen molar-refractivity contribution < 1.29 is 9.53 Å². The van der Waals surface area contributed by atoms with Crippen molar-refractivity contribution in [3.8, 4) is 5.75 Å². The Kier molecular flexibility index (Phi) is 6.99. The van der Waals surface area contributed by atoms with E-state index >= 15 is 0 Å². The number of benzene rings is 2. The van der Waals surface area contributed by atoms with E-state index in [4.69, 9.17) is 10.6 Å². The molecule has 7 nitrogen and oxygen atoms in total. The smallest absolute Gasteiger partial charge is 0.230 e. The van der Waals surface area contributed by atoms with Crippen molar-refractivity contribution in [1.29, 1.82) is 0 Å². The van der Waals surface area contributed by atoms with Crippen molar-refractivity contribution in [2.24, 2.45) is 0 Å². The lowest BCUT2D eigenvalue weighted by atomic mass is 9.89. The van der Waals surface area contributed by atoms with Crippen molar-refractivity contribution in [2.45, 2.75) is 50.2 Å². The average Bonchev–Trinajstić information content (AvgIpc) is 3.16. The van der Waals surface area contributed by atoms with Crippen LogP contribution in [-0.4, -0.2) is 33.6 Å². The van der Waals surface area contributed by atoms with Crippen LogP contribution in [0, 0.1) is 0 Å². The highest BCUT2D eigenvalue weighted by Gasteiger charge is 2.16. The Hall–Kier alpha value is -3.00. The predicted octanol–water partition coefficient (Wildman–Crippen LogP) is 3.44. The Bertz CT molecular complexity index is 1080. The summed E-state index contributed by atoms with van der Waals surface area (Å²) in [6, 6.07) is 14.3. The van der Waals surface area contributed by atoms with Crippen LogP contribution in [0.4, 0.5) is 0 Å². The fourth-order valence-electron chi connectivity index (χ4n) is 3.97. The first kappa shape index (κ1) is 22.2. The minimum absolute atomic E-state index is 0.0447. The van der Waals surface area contributed by atoms with Gasteiger partial charge in [-0.15, -0.1) is 10.2 Å². The van der Waals surface area contributed by atoms with Gasteiger partial charge in [0.2, 0.25) is 11.1 Å². The summed E-state index contributed by atoms with van der Waals surface area (Å²) in [5, 5.41) is 11.9. The van der Waals surface area contributed by atoms with Gasteiger partial charge in [0, 0.05) is 6.42 Å². The van der Waals surface area contributed by atoms with E-state index in [0.717, 1.165) is 29.7 Å². The van der Waals surface area contributed by atoms with E-state index in [2.05, 4.69) is 33.7 Å². The normalized spacial score (nSPS) is 13.9. The zero-order chi connectivity index (χ0) is 22.5. The van der Waals surface area contributed by atoms with Crippen LogP contribution in [0.3, 0.4) is 0 Å². The van der Waals surface area contributed by atoms with Crippen molar-refractivity contribution in [3.05, 3.63) is 70.5 Å². The Morgan fingerprint density at radius 1 is 1.16 bits per heavy atom. The molecule has 3 N–H and O–H groups in total. The molecule has 8 heteroatoms. The number of hydrogen-bond acceptors (Lipinski definition) is 6. The number of nitrogens with one attached hydrogen (secondary N) is 1. The molecule has 0 radical (unpaired) electrons. The van der Waals surface area contributed by atoms with Crippen molar-refractivity contribution in [3.63, 3.8) is 0 Å². The zero-order valence-electron chi connectivity index (χ0n) is 18.5. The van der Waals surface area contributed by atoms with Crippen molar-refractivity contribution in [1.82, 2.24) is 20.2 Å². The van der Waals surface area contributed by atoms with Crippen LogP contribution in [0.1, 0.15) is 53.9 Å². The molecule has 0 aliphatic heterocycles. The molecule has 1 heterocycles. The number of methoxy groups -OCH3 is 1. The molecule has 1 amide bonds. The molecule has 3 aromatic rings. The second-order valence-corrected chi connectivity index (χ2v) is 9.05. The molecule has 1 atom stereocenters. The number of nitrogens with zero attached hydrogens (tertiary/aromatic N) is 3. The topological polar surface area (TPSA) is 95.1 Å². The van der Waals surface area contributed by atoms with Gasteiger partial charge in [0.1, 0.15) is 5.75 Å². The Balaban J connectivity index is 1.31. The number of ether oxygens (including phenoxy) is 1. The van der Waals surface area contributed by atoms with Gasteiger partial charge in [-0.25, -0.2) is 4.68 Å². The molecule has 1 aromatic heterocycles. The lowest BCUT2D eigenvalue weighted by Gasteiger charge is -2.20. The molecular weight excluding hydrogens is 422 g/mol. The number of thioether (sulfide) groups is 1. The molecule has 1 aliphatic carbocycles. The number of amides is 1. The Morgan fingerprint density at radius 2 is 1.91 bits per heavy atom. The molecule has 0 spiro atoms. The maximum atomic E-state index is 12.5. The van der Waals surface area contributed by atoms with Gasteiger partial charge in [0.25, 0.3) is 0 Å². The summed E-state index contributed by atoms with van der Waals surface area (Å²) in [6.45, 7) is 2.02. The van der Waals surface area contributed by atoms with Crippen LogP contribution in [0.15, 0.2) is 47.6 Å². The van der Waals surface area contributed by atoms with Gasteiger partial charge in [-0.1, -0.05) is 42.1 Å². The number of nitrogens with two attached hydrogens (primary N) is 1. The van der Waals surface area contributed by atoms with Crippen LogP contribution in [0.25, 0.3) is 0 Å². The molecule has 2 aromatic carbocycles. The summed E-state index contributed by atoms with van der Waals surface area (Å²) in [4.78, 5) is 12.5. The molecule has 4 rings (SSSR count). The first-order chi connectivity index (χ1) is 15.5. The number of hydrogen-bond donors (Lipinski definition) is 2. The first-order valence-corrected chi connectivity index (χ1v) is 11.9. The number of aromatic nitrogens is 3. The zero-order valence-corrected chi connectivity index (χ0v) is 19.3. The quantitative estimate of drug-likeness (QED) is 0.402. The summed E-state index contributed by atoms with van der Waals surface area (Å²) in [6.07, 6.45) is 5.35. The summed E-state index contributed by atoms with van der Waals surface area (Å²) >= 11 is 1.28. The number of rotatable bonds is 8. The second kappa shape index (κ2) is 10.1. The molecule has 1 aliphatic rings. The molecule has 0 fully saturated rings. The fraction of sp³-hybridized carbons (Fsp3) is 0.375. The lowest BCUT2D eigenvalue weighted by molar-refractivity contribution is -0.119. The summed E-state index contributed by atoms with van der Waals surface area (Å²) in [5.74, 6) is 7.78. The molecule has 0 unspecified atom stereocenters. The van der Waals surface area contributed by atoms with Gasteiger partial charge in [0.15, 0.2) is 5.82 Å². The highest BCUT2D eigenvalue weighted by molar-refractivity contribution is 7.99. The largest absolute Gasteiger partial charge is 0.497 e. The van der Waals surface area contributed by atoms with Crippen molar-refractivity contribution >= 4 is 17.7 Å². The van der Waals surface area contributed by atoms with Gasteiger partial charge < -0.3 is 15.9 Å². The van der Waals surface area contributed by atoms with E-state index in [0.29, 0.717) is 17.4 Å². The highest BCUT2D eigenvalue weighted by Crippen LogP contribution is 2.25. The van der Waals surface area contributed by atoms with Crippen LogP contribution >= 0.6 is 11.8 Å². The molecule has 0 bridgehead atoms. The average molecular weight is 452 g/mol. The molecule has 168 valence electrons. The molecule has 0 saturated carbocycles. The molecule has 32 heavy (non-hydrogen) atoms. The number of carbonyl (C=O) groups is 1. The third kappa shape index (κ3) is 5.24. The van der Waals surface area contributed by atoms with Crippen LogP contribution in [0.5, 0.6) is 5.75 Å². The lowest BCUT2D eigenvalue weighted by Crippen LogP contribution is -2.28. The van der Waals surface area contributed by atoms with Gasteiger partial charge >= 0.3 is 0 Å². The maximum absolute atomic E-state index is 12.5. The van der Waals surface area contributed by atoms with Crippen molar-refractivity contribution in [2.75, 3.05) is 18.7 Å². The minimum Gasteiger partial charge on any atom is -0.497 e. The van der Waals surface area contributed by atoms with E-state index in [1.54, 1.807) is 7.11 Å². The Labute approximate surface area is 192 Å². The van der Waals surface area contributed by atoms with E-state index < -0.39 is 0 Å². The summed E-state index contributed by atoms with van der Waals surface area (Å²) in [5.41, 5.74) is 5.07. The second-order valence-electron chi connectivity index (χ2n) is 8.11. The predicted molar refractivity (Wildman–Crippen MR) is 126 cm³/mol. The molecule has 0 saturated heterocycles. The number of nitrogen functional groups attached to an aromatic ring is 1. The SMILES string of the molecule is COc1ccc(Cc2nnc(SCC(=O)N[C@@H](C)c3ccc4c(c3)CCCC4)n2N)cc1. The molecular formula is C24H29N5O2S. The maximum Gasteiger partial charge on any atom is 0.230 e. The van der Waals surface area contributed by atoms with Gasteiger partial charge in [-0.05, 0) is 67.0 Å². The highest BCUT2D eigenvalue weighted by atomic mass is 32.2. The number of carbonyl (C=O) groups excluding carboxylic acids is 1. The van der Waals surface area contributed by atoms with Crippen LogP contribution < -0.4 is 15.9 Å². The van der Waals surface area contributed by atoms with Gasteiger partial charge in [0.05, 0.1) is 18.9 Å². The van der Waals surface area contributed by atoms with Gasteiger partial charge in [-0.3, -0.25) is 4.79 Å². The van der Waals surface area contributed by atoms with Crippen LogP contribution in [-0.2, 0) is 24.1 Å². The monoisotopic (exact) mass is 451 g/mol.